The van der Waals surface area contributed by atoms with E-state index < -0.39 is 11.9 Å². The Labute approximate surface area is 165 Å². The van der Waals surface area contributed by atoms with Crippen LogP contribution in [0, 0.1) is 6.92 Å². The fourth-order valence-electron chi connectivity index (χ4n) is 2.76. The van der Waals surface area contributed by atoms with E-state index in [1.54, 1.807) is 19.1 Å². The Morgan fingerprint density at radius 3 is 2.61 bits per heavy atom. The number of halogens is 1. The molecule has 2 N–H and O–H groups in total. The summed E-state index contributed by atoms with van der Waals surface area (Å²) in [5.74, 6) is 0.736. The Hall–Kier alpha value is -3.52. The Kier molecular flexibility index (Phi) is 4.86. The van der Waals surface area contributed by atoms with Crippen LogP contribution in [0.2, 0.25) is 5.02 Å². The van der Waals surface area contributed by atoms with Crippen molar-refractivity contribution in [2.24, 2.45) is 0 Å². The Morgan fingerprint density at radius 2 is 1.89 bits per heavy atom. The first-order chi connectivity index (χ1) is 13.6. The number of nitrogens with zero attached hydrogens (tertiary/aromatic N) is 5. The van der Waals surface area contributed by atoms with Gasteiger partial charge in [-0.1, -0.05) is 59.3 Å². The van der Waals surface area contributed by atoms with Gasteiger partial charge in [0.1, 0.15) is 11.9 Å². The number of hydrogen-bond acceptors (Lipinski definition) is 5. The number of carbonyl (C=O) groups is 1. The summed E-state index contributed by atoms with van der Waals surface area (Å²) in [6, 6.07) is 16.2. The van der Waals surface area contributed by atoms with Crippen LogP contribution in [-0.4, -0.2) is 36.1 Å². The molecule has 0 saturated heterocycles. The van der Waals surface area contributed by atoms with Crippen LogP contribution >= 0.6 is 11.6 Å². The van der Waals surface area contributed by atoms with E-state index in [1.165, 1.54) is 10.9 Å². The van der Waals surface area contributed by atoms with E-state index >= 15 is 0 Å². The lowest BCUT2D eigenvalue weighted by molar-refractivity contribution is 0.0936. The Bertz CT molecular complexity index is 1110. The molecule has 1 amide bonds. The van der Waals surface area contributed by atoms with Crippen molar-refractivity contribution in [3.63, 3.8) is 0 Å². The summed E-state index contributed by atoms with van der Waals surface area (Å²) in [5.41, 5.74) is 1.65. The highest BCUT2D eigenvalue weighted by Crippen LogP contribution is 2.21. The lowest BCUT2D eigenvalue weighted by Crippen LogP contribution is -2.30. The van der Waals surface area contributed by atoms with Crippen LogP contribution in [0.1, 0.15) is 33.7 Å². The number of hydrogen-bond donors (Lipinski definition) is 2. The average molecular weight is 394 g/mol. The van der Waals surface area contributed by atoms with Crippen LogP contribution in [0.4, 0.5) is 0 Å². The number of nitrogens with one attached hydrogen (secondary N) is 2. The van der Waals surface area contributed by atoms with Crippen LogP contribution in [0.15, 0.2) is 60.8 Å². The molecule has 0 fully saturated rings. The van der Waals surface area contributed by atoms with Crippen molar-refractivity contribution in [1.82, 2.24) is 35.5 Å². The quantitative estimate of drug-likeness (QED) is 0.543. The van der Waals surface area contributed by atoms with Gasteiger partial charge in [0.15, 0.2) is 11.5 Å². The van der Waals surface area contributed by atoms with Gasteiger partial charge in [-0.15, -0.1) is 5.10 Å². The number of aryl methyl sites for hydroxylation is 1. The van der Waals surface area contributed by atoms with Crippen LogP contribution in [-0.2, 0) is 0 Å². The van der Waals surface area contributed by atoms with Crippen LogP contribution in [0.5, 0.6) is 0 Å². The molecule has 2 heterocycles. The van der Waals surface area contributed by atoms with Crippen molar-refractivity contribution in [2.75, 3.05) is 0 Å². The topological polar surface area (TPSA) is 101 Å². The maximum atomic E-state index is 12.8. The summed E-state index contributed by atoms with van der Waals surface area (Å²) in [6.07, 6.45) is 1.53. The third kappa shape index (κ3) is 3.63. The minimum Gasteiger partial charge on any atom is -0.336 e. The summed E-state index contributed by atoms with van der Waals surface area (Å²) in [4.78, 5) is 17.2. The van der Waals surface area contributed by atoms with Crippen LogP contribution in [0.3, 0.4) is 0 Å². The summed E-state index contributed by atoms with van der Waals surface area (Å²) in [5, 5.41) is 18.4. The van der Waals surface area contributed by atoms with E-state index in [-0.39, 0.29) is 5.69 Å². The number of H-pyrrole nitrogens is 1. The second-order valence-corrected chi connectivity index (χ2v) is 6.50. The second kappa shape index (κ2) is 7.61. The van der Waals surface area contributed by atoms with Gasteiger partial charge in [-0.25, -0.2) is 9.67 Å². The maximum Gasteiger partial charge on any atom is 0.274 e. The second-order valence-electron chi connectivity index (χ2n) is 6.10. The summed E-state index contributed by atoms with van der Waals surface area (Å²) < 4.78 is 1.46. The zero-order valence-corrected chi connectivity index (χ0v) is 15.6. The molecule has 0 aliphatic heterocycles. The zero-order chi connectivity index (χ0) is 19.5. The molecule has 4 aromatic rings. The van der Waals surface area contributed by atoms with Gasteiger partial charge < -0.3 is 5.32 Å². The van der Waals surface area contributed by atoms with Gasteiger partial charge in [0.05, 0.1) is 16.9 Å². The molecular weight excluding hydrogens is 378 g/mol. The van der Waals surface area contributed by atoms with E-state index in [0.29, 0.717) is 22.4 Å². The van der Waals surface area contributed by atoms with Crippen LogP contribution in [0.25, 0.3) is 5.69 Å². The number of rotatable bonds is 5. The molecule has 140 valence electrons. The molecule has 0 aliphatic carbocycles. The van der Waals surface area contributed by atoms with Gasteiger partial charge in [0.2, 0.25) is 0 Å². The molecule has 9 heteroatoms. The predicted molar refractivity (Wildman–Crippen MR) is 103 cm³/mol. The van der Waals surface area contributed by atoms with Crippen molar-refractivity contribution in [1.29, 1.82) is 0 Å². The molecule has 0 aliphatic rings. The number of aromatic amines is 1. The number of carbonyl (C=O) groups excluding carboxylic acids is 1. The highest BCUT2D eigenvalue weighted by atomic mass is 35.5. The largest absolute Gasteiger partial charge is 0.336 e. The molecule has 8 nitrogen and oxygen atoms in total. The molecule has 4 rings (SSSR count). The van der Waals surface area contributed by atoms with Crippen molar-refractivity contribution in [3.05, 3.63) is 88.7 Å². The number of amides is 1. The Balaban J connectivity index is 1.61. The molecule has 0 saturated carbocycles. The SMILES string of the molecule is Cc1nc(C(NC(=O)c2cn(-c3ccccc3Cl)nn2)c2ccccc2)n[nH]1. The molecule has 0 spiro atoms. The van der Waals surface area contributed by atoms with E-state index in [2.05, 4.69) is 30.8 Å². The average Bonchev–Trinajstić information content (AvgIpc) is 3.36. The third-order valence-corrected chi connectivity index (χ3v) is 4.43. The molecule has 0 bridgehead atoms. The lowest BCUT2D eigenvalue weighted by Gasteiger charge is -2.15. The summed E-state index contributed by atoms with van der Waals surface area (Å²) >= 11 is 6.19. The minimum absolute atomic E-state index is 0.160. The molecule has 0 radical (unpaired) electrons. The number of para-hydroxylation sites is 1. The highest BCUT2D eigenvalue weighted by Gasteiger charge is 2.23. The zero-order valence-electron chi connectivity index (χ0n) is 14.9. The van der Waals surface area contributed by atoms with Gasteiger partial charge in [0.25, 0.3) is 5.91 Å². The fourth-order valence-corrected chi connectivity index (χ4v) is 2.98. The van der Waals surface area contributed by atoms with Crippen molar-refractivity contribution < 1.29 is 4.79 Å². The number of aromatic nitrogens is 6. The van der Waals surface area contributed by atoms with Crippen LogP contribution < -0.4 is 5.32 Å². The van der Waals surface area contributed by atoms with Gasteiger partial charge in [-0.05, 0) is 24.6 Å². The first-order valence-corrected chi connectivity index (χ1v) is 8.91. The number of benzene rings is 2. The van der Waals surface area contributed by atoms with Crippen molar-refractivity contribution in [2.45, 2.75) is 13.0 Å². The molecule has 2 aromatic heterocycles. The third-order valence-electron chi connectivity index (χ3n) is 4.11. The maximum absolute atomic E-state index is 12.8. The molecular formula is C19H16ClN7O. The first-order valence-electron chi connectivity index (χ1n) is 8.54. The monoisotopic (exact) mass is 393 g/mol. The van der Waals surface area contributed by atoms with E-state index in [0.717, 1.165) is 5.56 Å². The van der Waals surface area contributed by atoms with E-state index in [1.807, 2.05) is 42.5 Å². The van der Waals surface area contributed by atoms with Gasteiger partial charge in [-0.3, -0.25) is 9.89 Å². The van der Waals surface area contributed by atoms with Crippen molar-refractivity contribution in [3.8, 4) is 5.69 Å². The minimum atomic E-state index is -0.524. The first kappa shape index (κ1) is 17.9. The normalized spacial score (nSPS) is 11.9. The van der Waals surface area contributed by atoms with Gasteiger partial charge >= 0.3 is 0 Å². The molecule has 28 heavy (non-hydrogen) atoms. The van der Waals surface area contributed by atoms with Crippen molar-refractivity contribution >= 4 is 17.5 Å². The molecule has 1 unspecified atom stereocenters. The fraction of sp³-hybridized carbons (Fsp3) is 0.105. The van der Waals surface area contributed by atoms with Gasteiger partial charge in [0, 0.05) is 0 Å². The van der Waals surface area contributed by atoms with E-state index in [4.69, 9.17) is 11.6 Å². The summed E-state index contributed by atoms with van der Waals surface area (Å²) in [7, 11) is 0. The Morgan fingerprint density at radius 1 is 1.14 bits per heavy atom. The molecule has 1 atom stereocenters. The summed E-state index contributed by atoms with van der Waals surface area (Å²) in [6.45, 7) is 1.80. The predicted octanol–water partition coefficient (Wildman–Crippen LogP) is 2.87. The van der Waals surface area contributed by atoms with E-state index in [9.17, 15) is 4.79 Å². The highest BCUT2D eigenvalue weighted by molar-refractivity contribution is 6.32. The lowest BCUT2D eigenvalue weighted by atomic mass is 10.1. The van der Waals surface area contributed by atoms with Gasteiger partial charge in [-0.2, -0.15) is 5.10 Å². The molecule has 2 aromatic carbocycles. The smallest absolute Gasteiger partial charge is 0.274 e. The standard InChI is InChI=1S/C19H16ClN7O/c1-12-21-18(25-23-12)17(13-7-3-2-4-8-13)22-19(28)15-11-27(26-24-15)16-10-6-5-9-14(16)20/h2-11,17H,1H3,(H,22,28)(H,21,23,25).